The lowest BCUT2D eigenvalue weighted by atomic mass is 10.1. The normalized spacial score (nSPS) is 10.2. The van der Waals surface area contributed by atoms with E-state index in [1.54, 1.807) is 0 Å². The van der Waals surface area contributed by atoms with Crippen molar-refractivity contribution in [3.8, 4) is 11.8 Å². The molecule has 1 aromatic carbocycles. The number of alkyl halides is 3. The van der Waals surface area contributed by atoms with E-state index >= 15 is 0 Å². The molecule has 0 unspecified atom stereocenters. The minimum atomic E-state index is -4.34. The standard InChI is InChI=1S/C10H5F3O/c11-10(12,13)9-5-3-8(4-6-9)2-1-7-14/h3-7H. The van der Waals surface area contributed by atoms with Gasteiger partial charge in [-0.2, -0.15) is 13.2 Å². The van der Waals surface area contributed by atoms with Crippen LogP contribution in [-0.2, 0) is 11.0 Å². The molecule has 0 heterocycles. The van der Waals surface area contributed by atoms with Crippen LogP contribution in [-0.4, -0.2) is 6.29 Å². The highest BCUT2D eigenvalue weighted by Gasteiger charge is 2.29. The summed E-state index contributed by atoms with van der Waals surface area (Å²) in [7, 11) is 0. The minimum Gasteiger partial charge on any atom is -0.289 e. The number of aldehydes is 1. The first-order valence-electron chi connectivity index (χ1n) is 3.66. The number of hydrogen-bond acceptors (Lipinski definition) is 1. The van der Waals surface area contributed by atoms with Gasteiger partial charge in [-0.3, -0.25) is 4.79 Å². The lowest BCUT2D eigenvalue weighted by Gasteiger charge is -2.05. The van der Waals surface area contributed by atoms with Crippen molar-refractivity contribution in [2.75, 3.05) is 0 Å². The molecule has 1 rings (SSSR count). The van der Waals surface area contributed by atoms with E-state index in [4.69, 9.17) is 0 Å². The second-order valence-corrected chi connectivity index (χ2v) is 2.46. The van der Waals surface area contributed by atoms with E-state index in [-0.39, 0.29) is 0 Å². The average Bonchev–Trinajstić information content (AvgIpc) is 2.14. The fourth-order valence-corrected chi connectivity index (χ4v) is 0.855. The molecule has 0 saturated heterocycles. The fraction of sp³-hybridized carbons (Fsp3) is 0.100. The van der Waals surface area contributed by atoms with Crippen LogP contribution < -0.4 is 0 Å². The Balaban J connectivity index is 2.95. The van der Waals surface area contributed by atoms with Gasteiger partial charge in [-0.25, -0.2) is 0 Å². The van der Waals surface area contributed by atoms with Crippen molar-refractivity contribution in [1.29, 1.82) is 0 Å². The summed E-state index contributed by atoms with van der Waals surface area (Å²) in [4.78, 5) is 9.85. The van der Waals surface area contributed by atoms with Gasteiger partial charge in [0, 0.05) is 5.56 Å². The van der Waals surface area contributed by atoms with E-state index in [1.165, 1.54) is 12.1 Å². The van der Waals surface area contributed by atoms with Gasteiger partial charge in [-0.05, 0) is 30.2 Å². The van der Waals surface area contributed by atoms with Gasteiger partial charge >= 0.3 is 6.18 Å². The molecule has 1 nitrogen and oxygen atoms in total. The van der Waals surface area contributed by atoms with E-state index in [1.807, 2.05) is 0 Å². The summed E-state index contributed by atoms with van der Waals surface area (Å²) in [5, 5.41) is 0. The molecule has 0 radical (unpaired) electrons. The van der Waals surface area contributed by atoms with Crippen LogP contribution >= 0.6 is 0 Å². The van der Waals surface area contributed by atoms with Gasteiger partial charge in [0.25, 0.3) is 0 Å². The van der Waals surface area contributed by atoms with E-state index < -0.39 is 11.7 Å². The Bertz CT molecular complexity index is 379. The zero-order valence-electron chi connectivity index (χ0n) is 6.93. The van der Waals surface area contributed by atoms with Crippen LogP contribution in [0, 0.1) is 11.8 Å². The predicted molar refractivity (Wildman–Crippen MR) is 44.4 cm³/mol. The van der Waals surface area contributed by atoms with Crippen LogP contribution in [0.5, 0.6) is 0 Å². The van der Waals surface area contributed by atoms with Gasteiger partial charge in [0.05, 0.1) is 5.56 Å². The van der Waals surface area contributed by atoms with Crippen LogP contribution in [0.3, 0.4) is 0 Å². The Morgan fingerprint density at radius 3 is 2.14 bits per heavy atom. The zero-order chi connectivity index (χ0) is 10.6. The smallest absolute Gasteiger partial charge is 0.289 e. The van der Waals surface area contributed by atoms with Gasteiger partial charge in [0.1, 0.15) is 0 Å². The van der Waals surface area contributed by atoms with E-state index in [9.17, 15) is 18.0 Å². The summed E-state index contributed by atoms with van der Waals surface area (Å²) >= 11 is 0. The molecule has 0 atom stereocenters. The second-order valence-electron chi connectivity index (χ2n) is 2.46. The number of carbonyl (C=O) groups is 1. The third-order valence-corrected chi connectivity index (χ3v) is 1.49. The summed E-state index contributed by atoms with van der Waals surface area (Å²) < 4.78 is 36.2. The van der Waals surface area contributed by atoms with Crippen LogP contribution in [0.2, 0.25) is 0 Å². The predicted octanol–water partition coefficient (Wildman–Crippen LogP) is 2.26. The quantitative estimate of drug-likeness (QED) is 0.461. The van der Waals surface area contributed by atoms with E-state index in [0.29, 0.717) is 11.8 Å². The summed E-state index contributed by atoms with van der Waals surface area (Å²) in [5.74, 6) is 4.50. The van der Waals surface area contributed by atoms with E-state index in [2.05, 4.69) is 11.8 Å². The van der Waals surface area contributed by atoms with Gasteiger partial charge in [-0.1, -0.05) is 5.92 Å². The van der Waals surface area contributed by atoms with Crippen LogP contribution in [0.1, 0.15) is 11.1 Å². The van der Waals surface area contributed by atoms with Crippen LogP contribution in [0.15, 0.2) is 24.3 Å². The van der Waals surface area contributed by atoms with Gasteiger partial charge in [0.2, 0.25) is 0 Å². The maximum absolute atomic E-state index is 12.1. The third-order valence-electron chi connectivity index (χ3n) is 1.49. The molecule has 0 aromatic heterocycles. The van der Waals surface area contributed by atoms with Crippen molar-refractivity contribution in [1.82, 2.24) is 0 Å². The highest BCUT2D eigenvalue weighted by molar-refractivity contribution is 5.73. The number of carbonyl (C=O) groups excluding carboxylic acids is 1. The Labute approximate surface area is 78.5 Å². The number of benzene rings is 1. The van der Waals surface area contributed by atoms with E-state index in [0.717, 1.165) is 12.1 Å². The Kier molecular flexibility index (Phi) is 2.92. The molecule has 0 amide bonds. The van der Waals surface area contributed by atoms with Crippen molar-refractivity contribution in [3.63, 3.8) is 0 Å². The molecule has 72 valence electrons. The molecule has 0 N–H and O–H groups in total. The second kappa shape index (κ2) is 3.97. The Hall–Kier alpha value is -1.76. The largest absolute Gasteiger partial charge is 0.416 e. The molecule has 1 aromatic rings. The highest BCUT2D eigenvalue weighted by atomic mass is 19.4. The summed E-state index contributed by atoms with van der Waals surface area (Å²) in [6.45, 7) is 0. The molecule has 0 fully saturated rings. The fourth-order valence-electron chi connectivity index (χ4n) is 0.855. The minimum absolute atomic E-state index is 0.380. The van der Waals surface area contributed by atoms with Gasteiger partial charge < -0.3 is 0 Å². The van der Waals surface area contributed by atoms with Crippen LogP contribution in [0.25, 0.3) is 0 Å². The highest BCUT2D eigenvalue weighted by Crippen LogP contribution is 2.28. The van der Waals surface area contributed by atoms with Crippen molar-refractivity contribution >= 4 is 6.29 Å². The van der Waals surface area contributed by atoms with Crippen molar-refractivity contribution in [3.05, 3.63) is 35.4 Å². The average molecular weight is 198 g/mol. The Morgan fingerprint density at radius 1 is 1.14 bits per heavy atom. The molecule has 0 aliphatic rings. The maximum Gasteiger partial charge on any atom is 0.416 e. The zero-order valence-corrected chi connectivity index (χ0v) is 6.93. The number of halogens is 3. The van der Waals surface area contributed by atoms with Crippen molar-refractivity contribution < 1.29 is 18.0 Å². The molecule has 0 spiro atoms. The summed E-state index contributed by atoms with van der Waals surface area (Å²) in [5.41, 5.74) is -0.348. The number of hydrogen-bond donors (Lipinski definition) is 0. The third kappa shape index (κ3) is 2.63. The first-order valence-corrected chi connectivity index (χ1v) is 3.66. The summed E-state index contributed by atoms with van der Waals surface area (Å²) in [6, 6.07) is 4.29. The van der Waals surface area contributed by atoms with Gasteiger partial charge in [0.15, 0.2) is 6.29 Å². The first-order chi connectivity index (χ1) is 6.54. The molecular weight excluding hydrogens is 193 g/mol. The number of rotatable bonds is 0. The first kappa shape index (κ1) is 10.3. The molecule has 0 saturated carbocycles. The topological polar surface area (TPSA) is 17.1 Å². The molecule has 4 heteroatoms. The molecule has 14 heavy (non-hydrogen) atoms. The van der Waals surface area contributed by atoms with Crippen molar-refractivity contribution in [2.24, 2.45) is 0 Å². The maximum atomic E-state index is 12.1. The monoisotopic (exact) mass is 198 g/mol. The molecule has 0 aliphatic carbocycles. The van der Waals surface area contributed by atoms with Crippen LogP contribution in [0.4, 0.5) is 13.2 Å². The molecule has 0 aliphatic heterocycles. The molecular formula is C10H5F3O. The van der Waals surface area contributed by atoms with Gasteiger partial charge in [-0.15, -0.1) is 0 Å². The Morgan fingerprint density at radius 2 is 1.71 bits per heavy atom. The summed E-state index contributed by atoms with van der Waals surface area (Å²) in [6.07, 6.45) is -3.95. The SMILES string of the molecule is O=CC#Cc1ccc(C(F)(F)F)cc1. The molecule has 0 bridgehead atoms. The lowest BCUT2D eigenvalue weighted by Crippen LogP contribution is -2.04. The lowest BCUT2D eigenvalue weighted by molar-refractivity contribution is -0.137. The van der Waals surface area contributed by atoms with Crippen molar-refractivity contribution in [2.45, 2.75) is 6.18 Å².